The lowest BCUT2D eigenvalue weighted by atomic mass is 10.2. The number of carbonyl (C=O) groups excluding carboxylic acids is 2. The van der Waals surface area contributed by atoms with Gasteiger partial charge in [-0.2, -0.15) is 11.3 Å². The van der Waals surface area contributed by atoms with Gasteiger partial charge in [0.1, 0.15) is 0 Å². The van der Waals surface area contributed by atoms with Crippen molar-refractivity contribution in [2.75, 3.05) is 32.7 Å². The van der Waals surface area contributed by atoms with Gasteiger partial charge in [-0.3, -0.25) is 14.5 Å². The Balaban J connectivity index is 1.31. The van der Waals surface area contributed by atoms with E-state index in [1.54, 1.807) is 17.4 Å². The fraction of sp³-hybridized carbons (Fsp3) is 0.444. The number of amides is 2. The molecular weight excluding hydrogens is 390 g/mol. The zero-order chi connectivity index (χ0) is 18.4. The number of halogens is 1. The van der Waals surface area contributed by atoms with Gasteiger partial charge in [0.2, 0.25) is 5.91 Å². The molecule has 0 saturated carbocycles. The van der Waals surface area contributed by atoms with Crippen LogP contribution in [0.4, 0.5) is 0 Å². The number of thiophene rings is 2. The van der Waals surface area contributed by atoms with Crippen molar-refractivity contribution in [2.45, 2.75) is 19.4 Å². The first-order chi connectivity index (χ1) is 12.6. The number of rotatable bonds is 7. The molecule has 2 amide bonds. The Kier molecular flexibility index (Phi) is 7.07. The van der Waals surface area contributed by atoms with Crippen LogP contribution < -0.4 is 5.32 Å². The van der Waals surface area contributed by atoms with Gasteiger partial charge in [0.15, 0.2) is 0 Å². The molecule has 1 saturated heterocycles. The number of nitrogens with one attached hydrogen (secondary N) is 1. The van der Waals surface area contributed by atoms with E-state index >= 15 is 0 Å². The number of carbonyl (C=O) groups is 2. The van der Waals surface area contributed by atoms with Gasteiger partial charge in [0.05, 0.1) is 4.34 Å². The molecule has 1 fully saturated rings. The van der Waals surface area contributed by atoms with Crippen LogP contribution in [-0.4, -0.2) is 54.3 Å². The molecule has 0 unspecified atom stereocenters. The smallest absolute Gasteiger partial charge is 0.252 e. The maximum absolute atomic E-state index is 12.3. The van der Waals surface area contributed by atoms with E-state index in [2.05, 4.69) is 16.3 Å². The SMILES string of the molecule is O=C(NCCCC(=O)N1CCN(Cc2ccc(Cl)s2)CC1)c1ccsc1. The zero-order valence-electron chi connectivity index (χ0n) is 14.4. The average Bonchev–Trinajstić information content (AvgIpc) is 3.31. The highest BCUT2D eigenvalue weighted by atomic mass is 35.5. The van der Waals surface area contributed by atoms with Crippen LogP contribution in [0.25, 0.3) is 0 Å². The Morgan fingerprint density at radius 2 is 1.96 bits per heavy atom. The topological polar surface area (TPSA) is 52.7 Å². The van der Waals surface area contributed by atoms with Crippen LogP contribution in [0.1, 0.15) is 28.1 Å². The summed E-state index contributed by atoms with van der Waals surface area (Å²) >= 11 is 9.09. The summed E-state index contributed by atoms with van der Waals surface area (Å²) in [7, 11) is 0. The van der Waals surface area contributed by atoms with Crippen LogP contribution >= 0.6 is 34.3 Å². The Hall–Kier alpha value is -1.41. The van der Waals surface area contributed by atoms with Gasteiger partial charge in [-0.1, -0.05) is 11.6 Å². The van der Waals surface area contributed by atoms with Gasteiger partial charge in [0, 0.05) is 61.5 Å². The molecule has 0 atom stereocenters. The molecule has 8 heteroatoms. The molecule has 3 heterocycles. The molecule has 140 valence electrons. The summed E-state index contributed by atoms with van der Waals surface area (Å²) in [5.74, 6) is 0.106. The predicted molar refractivity (Wildman–Crippen MR) is 107 cm³/mol. The van der Waals surface area contributed by atoms with E-state index in [-0.39, 0.29) is 11.8 Å². The Morgan fingerprint density at radius 1 is 1.15 bits per heavy atom. The number of nitrogens with zero attached hydrogens (tertiary/aromatic N) is 2. The minimum atomic E-state index is -0.0685. The minimum Gasteiger partial charge on any atom is -0.352 e. The molecule has 0 bridgehead atoms. The molecule has 0 radical (unpaired) electrons. The third kappa shape index (κ3) is 5.54. The van der Waals surface area contributed by atoms with E-state index in [1.807, 2.05) is 21.7 Å². The first kappa shape index (κ1) is 19.4. The molecule has 26 heavy (non-hydrogen) atoms. The number of piperazine rings is 1. The largest absolute Gasteiger partial charge is 0.352 e. The van der Waals surface area contributed by atoms with Crippen molar-refractivity contribution in [3.05, 3.63) is 43.7 Å². The first-order valence-electron chi connectivity index (χ1n) is 8.66. The van der Waals surface area contributed by atoms with Crippen LogP contribution in [0.3, 0.4) is 0 Å². The summed E-state index contributed by atoms with van der Waals surface area (Å²) in [5.41, 5.74) is 0.685. The summed E-state index contributed by atoms with van der Waals surface area (Å²) in [6.07, 6.45) is 1.15. The molecule has 1 N–H and O–H groups in total. The summed E-state index contributed by atoms with van der Waals surface area (Å²) in [6.45, 7) is 4.72. The fourth-order valence-electron chi connectivity index (χ4n) is 2.91. The molecule has 2 aromatic rings. The lowest BCUT2D eigenvalue weighted by Crippen LogP contribution is -2.48. The standard InChI is InChI=1S/C18H22ClN3O2S2/c19-16-4-3-15(26-16)12-21-7-9-22(10-8-21)17(23)2-1-6-20-18(24)14-5-11-25-13-14/h3-5,11,13H,1-2,6-10,12H2,(H,20,24). The van der Waals surface area contributed by atoms with Crippen LogP contribution in [0, 0.1) is 0 Å². The Morgan fingerprint density at radius 3 is 2.62 bits per heavy atom. The van der Waals surface area contributed by atoms with Gasteiger partial charge in [0.25, 0.3) is 5.91 Å². The van der Waals surface area contributed by atoms with E-state index in [0.29, 0.717) is 24.9 Å². The molecule has 2 aromatic heterocycles. The van der Waals surface area contributed by atoms with Crippen LogP contribution in [-0.2, 0) is 11.3 Å². The van der Waals surface area contributed by atoms with Gasteiger partial charge in [-0.05, 0) is 30.0 Å². The Labute approximate surface area is 166 Å². The lowest BCUT2D eigenvalue weighted by Gasteiger charge is -2.34. The van der Waals surface area contributed by atoms with Crippen LogP contribution in [0.5, 0.6) is 0 Å². The molecule has 1 aliphatic rings. The highest BCUT2D eigenvalue weighted by molar-refractivity contribution is 7.16. The van der Waals surface area contributed by atoms with Crippen molar-refractivity contribution in [1.82, 2.24) is 15.1 Å². The third-order valence-corrected chi connectivity index (χ3v) is 6.27. The van der Waals surface area contributed by atoms with Crippen molar-refractivity contribution in [1.29, 1.82) is 0 Å². The maximum atomic E-state index is 12.3. The Bertz CT molecular complexity index is 725. The molecule has 0 aromatic carbocycles. The summed E-state index contributed by atoms with van der Waals surface area (Å²) in [4.78, 5) is 29.7. The number of hydrogen-bond acceptors (Lipinski definition) is 5. The molecule has 0 aliphatic carbocycles. The van der Waals surface area contributed by atoms with Crippen LogP contribution in [0.15, 0.2) is 29.0 Å². The highest BCUT2D eigenvalue weighted by Gasteiger charge is 2.21. The fourth-order valence-corrected chi connectivity index (χ4v) is 4.67. The summed E-state index contributed by atoms with van der Waals surface area (Å²) in [6, 6.07) is 5.79. The summed E-state index contributed by atoms with van der Waals surface area (Å²) < 4.78 is 0.819. The van der Waals surface area contributed by atoms with E-state index in [1.165, 1.54) is 16.2 Å². The molecule has 3 rings (SSSR count). The van der Waals surface area contributed by atoms with Crippen molar-refractivity contribution in [3.63, 3.8) is 0 Å². The number of hydrogen-bond donors (Lipinski definition) is 1. The van der Waals surface area contributed by atoms with Gasteiger partial charge in [-0.25, -0.2) is 0 Å². The highest BCUT2D eigenvalue weighted by Crippen LogP contribution is 2.23. The lowest BCUT2D eigenvalue weighted by molar-refractivity contribution is -0.133. The predicted octanol–water partition coefficient (Wildman–Crippen LogP) is 3.32. The van der Waals surface area contributed by atoms with E-state index in [0.717, 1.165) is 37.1 Å². The molecular formula is C18H22ClN3O2S2. The van der Waals surface area contributed by atoms with E-state index < -0.39 is 0 Å². The van der Waals surface area contributed by atoms with Crippen molar-refractivity contribution in [2.24, 2.45) is 0 Å². The second-order valence-corrected chi connectivity index (χ2v) is 8.81. The monoisotopic (exact) mass is 411 g/mol. The molecule has 1 aliphatic heterocycles. The zero-order valence-corrected chi connectivity index (χ0v) is 16.8. The normalized spacial score (nSPS) is 15.2. The third-order valence-electron chi connectivity index (χ3n) is 4.37. The van der Waals surface area contributed by atoms with Gasteiger partial charge < -0.3 is 10.2 Å². The quantitative estimate of drug-likeness (QED) is 0.711. The average molecular weight is 412 g/mol. The van der Waals surface area contributed by atoms with Crippen molar-refractivity contribution < 1.29 is 9.59 Å². The van der Waals surface area contributed by atoms with Crippen molar-refractivity contribution in [3.8, 4) is 0 Å². The van der Waals surface area contributed by atoms with E-state index in [9.17, 15) is 9.59 Å². The van der Waals surface area contributed by atoms with Gasteiger partial charge >= 0.3 is 0 Å². The second-order valence-electron chi connectivity index (χ2n) is 6.23. The first-order valence-corrected chi connectivity index (χ1v) is 10.8. The minimum absolute atomic E-state index is 0.0685. The van der Waals surface area contributed by atoms with Crippen LogP contribution in [0.2, 0.25) is 4.34 Å². The van der Waals surface area contributed by atoms with E-state index in [4.69, 9.17) is 11.6 Å². The second kappa shape index (κ2) is 9.50. The van der Waals surface area contributed by atoms with Gasteiger partial charge in [-0.15, -0.1) is 11.3 Å². The maximum Gasteiger partial charge on any atom is 0.252 e. The molecule has 5 nitrogen and oxygen atoms in total. The molecule has 0 spiro atoms. The van der Waals surface area contributed by atoms with Crippen molar-refractivity contribution >= 4 is 46.1 Å². The summed E-state index contributed by atoms with van der Waals surface area (Å²) in [5, 5.41) is 6.56.